The second kappa shape index (κ2) is 11.2. The highest BCUT2D eigenvalue weighted by Crippen LogP contribution is 2.44. The summed E-state index contributed by atoms with van der Waals surface area (Å²) < 4.78 is 5.35. The summed E-state index contributed by atoms with van der Waals surface area (Å²) in [7, 11) is 0. The molecule has 0 aliphatic carbocycles. The number of rotatable bonds is 4. The summed E-state index contributed by atoms with van der Waals surface area (Å²) in [6.07, 6.45) is 0. The number of hydrogen-bond donors (Lipinski definition) is 0. The molecule has 0 unspecified atom stereocenters. The van der Waals surface area contributed by atoms with Gasteiger partial charge in [0.25, 0.3) is 0 Å². The van der Waals surface area contributed by atoms with Crippen molar-refractivity contribution >= 4 is 113 Å². The molecule has 51 heavy (non-hydrogen) atoms. The Kier molecular flexibility index (Phi) is 6.32. The Morgan fingerprint density at radius 3 is 1.51 bits per heavy atom. The molecular formula is C47H28N2S2. The molecule has 0 aliphatic rings. The SMILES string of the molecule is c1ccc2nc(-c3ccc(N(c4ccc5c(ccc6c7ccccc7sc56)c4)c4ccc5c(ccc6c7ccccc7sc56)c4)cc3)ccc2c1. The highest BCUT2D eigenvalue weighted by Gasteiger charge is 2.17. The van der Waals surface area contributed by atoms with Crippen molar-refractivity contribution in [2.24, 2.45) is 0 Å². The lowest BCUT2D eigenvalue weighted by molar-refractivity contribution is 1.29. The van der Waals surface area contributed by atoms with Gasteiger partial charge in [-0.25, -0.2) is 4.98 Å². The van der Waals surface area contributed by atoms with Gasteiger partial charge in [0.2, 0.25) is 0 Å². The normalized spacial score (nSPS) is 11.9. The summed E-state index contributed by atoms with van der Waals surface area (Å²) in [4.78, 5) is 7.36. The van der Waals surface area contributed by atoms with Crippen molar-refractivity contribution in [1.82, 2.24) is 4.98 Å². The molecule has 0 spiro atoms. The number of anilines is 3. The Morgan fingerprint density at radius 2 is 0.882 bits per heavy atom. The molecule has 0 atom stereocenters. The second-order valence-electron chi connectivity index (χ2n) is 13.2. The molecule has 3 aromatic heterocycles. The van der Waals surface area contributed by atoms with E-state index in [1.807, 2.05) is 28.7 Å². The maximum atomic E-state index is 4.97. The van der Waals surface area contributed by atoms with E-state index in [1.54, 1.807) is 0 Å². The Morgan fingerprint density at radius 1 is 0.373 bits per heavy atom. The van der Waals surface area contributed by atoms with Gasteiger partial charge in [-0.3, -0.25) is 0 Å². The molecular weight excluding hydrogens is 657 g/mol. The molecule has 0 saturated heterocycles. The van der Waals surface area contributed by atoms with Crippen LogP contribution in [0, 0.1) is 0 Å². The van der Waals surface area contributed by atoms with Gasteiger partial charge in [-0.05, 0) is 82.2 Å². The topological polar surface area (TPSA) is 16.1 Å². The van der Waals surface area contributed by atoms with Crippen LogP contribution in [0.25, 0.3) is 84.0 Å². The van der Waals surface area contributed by atoms with E-state index in [0.29, 0.717) is 0 Å². The van der Waals surface area contributed by atoms with Crippen LogP contribution in [-0.4, -0.2) is 4.98 Å². The standard InChI is InChI=1S/C47H28N2S2/c1-4-10-42-29(7-1)17-26-43(48-42)30-13-18-33(19-14-30)49(34-20-24-36-31(27-34)15-22-40-38-8-2-5-11-44(38)50-46(36)40)35-21-25-37-32(28-35)16-23-41-39-9-3-6-12-45(39)51-47(37)41/h1-28H. The fraction of sp³-hybridized carbons (Fsp3) is 0. The fourth-order valence-corrected chi connectivity index (χ4v) is 10.2. The zero-order chi connectivity index (χ0) is 33.5. The molecule has 11 rings (SSSR count). The van der Waals surface area contributed by atoms with Crippen LogP contribution in [0.2, 0.25) is 0 Å². The number of nitrogens with zero attached hydrogens (tertiary/aromatic N) is 2. The van der Waals surface area contributed by atoms with Crippen LogP contribution in [0.5, 0.6) is 0 Å². The minimum absolute atomic E-state index is 0.975. The van der Waals surface area contributed by atoms with Crippen molar-refractivity contribution < 1.29 is 0 Å². The van der Waals surface area contributed by atoms with Crippen LogP contribution in [-0.2, 0) is 0 Å². The summed E-state index contributed by atoms with van der Waals surface area (Å²) in [6, 6.07) is 61.9. The van der Waals surface area contributed by atoms with Crippen molar-refractivity contribution in [3.63, 3.8) is 0 Å². The van der Waals surface area contributed by atoms with E-state index in [0.717, 1.165) is 39.2 Å². The van der Waals surface area contributed by atoms with Gasteiger partial charge in [0.15, 0.2) is 0 Å². The maximum Gasteiger partial charge on any atom is 0.0709 e. The van der Waals surface area contributed by atoms with Gasteiger partial charge in [-0.1, -0.05) is 109 Å². The first-order chi connectivity index (χ1) is 25.2. The summed E-state index contributed by atoms with van der Waals surface area (Å²) in [5, 5.41) is 11.5. The van der Waals surface area contributed by atoms with E-state index in [4.69, 9.17) is 4.98 Å². The minimum Gasteiger partial charge on any atom is -0.310 e. The Hall–Kier alpha value is -6.07. The van der Waals surface area contributed by atoms with Crippen LogP contribution < -0.4 is 4.90 Å². The number of benzene rings is 8. The molecule has 0 N–H and O–H groups in total. The van der Waals surface area contributed by atoms with Crippen molar-refractivity contribution in [3.8, 4) is 11.3 Å². The number of thiophene rings is 2. The molecule has 4 heteroatoms. The molecule has 0 radical (unpaired) electrons. The van der Waals surface area contributed by atoms with Gasteiger partial charge in [0.1, 0.15) is 0 Å². The van der Waals surface area contributed by atoms with Gasteiger partial charge in [-0.2, -0.15) is 0 Å². The highest BCUT2D eigenvalue weighted by molar-refractivity contribution is 7.27. The molecule has 2 nitrogen and oxygen atoms in total. The first-order valence-corrected chi connectivity index (χ1v) is 18.8. The molecule has 0 aliphatic heterocycles. The van der Waals surface area contributed by atoms with Crippen molar-refractivity contribution in [3.05, 3.63) is 170 Å². The molecule has 0 saturated carbocycles. The summed E-state index contributed by atoms with van der Waals surface area (Å²) >= 11 is 3.77. The molecule has 8 aromatic carbocycles. The van der Waals surface area contributed by atoms with Crippen molar-refractivity contribution in [2.75, 3.05) is 4.90 Å². The third-order valence-corrected chi connectivity index (χ3v) is 12.7. The van der Waals surface area contributed by atoms with Crippen LogP contribution in [0.3, 0.4) is 0 Å². The predicted octanol–water partition coefficient (Wildman–Crippen LogP) is 14.4. The highest BCUT2D eigenvalue weighted by atomic mass is 32.1. The Labute approximate surface area is 302 Å². The quantitative estimate of drug-likeness (QED) is 0.183. The van der Waals surface area contributed by atoms with Crippen LogP contribution in [0.15, 0.2) is 170 Å². The first-order valence-electron chi connectivity index (χ1n) is 17.2. The van der Waals surface area contributed by atoms with Gasteiger partial charge in [0.05, 0.1) is 11.2 Å². The summed E-state index contributed by atoms with van der Waals surface area (Å²) in [5.41, 5.74) is 6.44. The first kappa shape index (κ1) is 28.7. The predicted molar refractivity (Wildman–Crippen MR) is 223 cm³/mol. The molecule has 11 aromatic rings. The van der Waals surface area contributed by atoms with Crippen LogP contribution in [0.4, 0.5) is 17.1 Å². The summed E-state index contributed by atoms with van der Waals surface area (Å²) in [5.74, 6) is 0. The van der Waals surface area contributed by atoms with E-state index in [-0.39, 0.29) is 0 Å². The van der Waals surface area contributed by atoms with Crippen LogP contribution >= 0.6 is 22.7 Å². The van der Waals surface area contributed by atoms with Crippen molar-refractivity contribution in [1.29, 1.82) is 0 Å². The third-order valence-electron chi connectivity index (χ3n) is 10.2. The summed E-state index contributed by atoms with van der Waals surface area (Å²) in [6.45, 7) is 0. The lowest BCUT2D eigenvalue weighted by Crippen LogP contribution is -2.10. The molecule has 0 amide bonds. The number of hydrogen-bond acceptors (Lipinski definition) is 4. The number of para-hydroxylation sites is 1. The van der Waals surface area contributed by atoms with E-state index in [1.165, 1.54) is 61.9 Å². The minimum atomic E-state index is 0.975. The largest absolute Gasteiger partial charge is 0.310 e. The average Bonchev–Trinajstić information content (AvgIpc) is 3.77. The van der Waals surface area contributed by atoms with Gasteiger partial charge in [0, 0.05) is 68.4 Å². The zero-order valence-electron chi connectivity index (χ0n) is 27.4. The van der Waals surface area contributed by atoms with Crippen molar-refractivity contribution in [2.45, 2.75) is 0 Å². The van der Waals surface area contributed by atoms with Crippen LogP contribution in [0.1, 0.15) is 0 Å². The Balaban J connectivity index is 1.07. The lowest BCUT2D eigenvalue weighted by atomic mass is 10.0. The zero-order valence-corrected chi connectivity index (χ0v) is 29.0. The van der Waals surface area contributed by atoms with E-state index in [2.05, 4.69) is 169 Å². The number of fused-ring (bicyclic) bond motifs is 11. The fourth-order valence-electron chi connectivity index (χ4n) is 7.73. The maximum absolute atomic E-state index is 4.97. The van der Waals surface area contributed by atoms with Gasteiger partial charge >= 0.3 is 0 Å². The average molecular weight is 685 g/mol. The van der Waals surface area contributed by atoms with E-state index >= 15 is 0 Å². The number of aromatic nitrogens is 1. The smallest absolute Gasteiger partial charge is 0.0709 e. The third kappa shape index (κ3) is 4.58. The lowest BCUT2D eigenvalue weighted by Gasteiger charge is -2.26. The van der Waals surface area contributed by atoms with E-state index in [9.17, 15) is 0 Å². The monoisotopic (exact) mass is 684 g/mol. The number of pyridine rings is 1. The van der Waals surface area contributed by atoms with Gasteiger partial charge < -0.3 is 4.90 Å². The Bertz CT molecular complexity index is 3000. The van der Waals surface area contributed by atoms with E-state index < -0.39 is 0 Å². The molecule has 0 bridgehead atoms. The molecule has 0 fully saturated rings. The second-order valence-corrected chi connectivity index (χ2v) is 15.3. The van der Waals surface area contributed by atoms with Gasteiger partial charge in [-0.15, -0.1) is 22.7 Å². The molecule has 238 valence electrons. The molecule has 3 heterocycles.